The van der Waals surface area contributed by atoms with Crippen LogP contribution in [0.1, 0.15) is 43.6 Å². The molecule has 0 bridgehead atoms. The molecular weight excluding hydrogens is 229 g/mol. The Hall–Kier alpha value is -0.930. The Bertz CT molecular complexity index is 377. The van der Waals surface area contributed by atoms with Crippen LogP contribution in [0.25, 0.3) is 0 Å². The van der Waals surface area contributed by atoms with Crippen LogP contribution in [-0.4, -0.2) is 17.8 Å². The van der Waals surface area contributed by atoms with Crippen LogP contribution in [0.4, 0.5) is 4.39 Å². The maximum Gasteiger partial charge on any atom is 0.123 e. The first-order valence-corrected chi connectivity index (χ1v) is 6.84. The van der Waals surface area contributed by atoms with E-state index in [0.717, 1.165) is 12.0 Å². The summed E-state index contributed by atoms with van der Waals surface area (Å²) >= 11 is 0. The minimum Gasteiger partial charge on any atom is -0.392 e. The van der Waals surface area contributed by atoms with Gasteiger partial charge in [0.05, 0.1) is 6.10 Å². The minimum atomic E-state index is -0.458. The molecule has 0 spiro atoms. The number of hydrogen-bond donors (Lipinski definition) is 2. The van der Waals surface area contributed by atoms with E-state index >= 15 is 0 Å². The molecule has 0 amide bonds. The van der Waals surface area contributed by atoms with Gasteiger partial charge < -0.3 is 10.8 Å². The lowest BCUT2D eigenvalue weighted by atomic mass is 9.87. The highest BCUT2D eigenvalue weighted by Gasteiger charge is 2.25. The van der Waals surface area contributed by atoms with E-state index in [0.29, 0.717) is 12.5 Å². The molecule has 3 heteroatoms. The maximum atomic E-state index is 13.2. The van der Waals surface area contributed by atoms with E-state index in [4.69, 9.17) is 5.73 Å². The van der Waals surface area contributed by atoms with Crippen LogP contribution >= 0.6 is 0 Å². The molecule has 1 aromatic carbocycles. The second kappa shape index (κ2) is 6.30. The fourth-order valence-electron chi connectivity index (χ4n) is 3.00. The zero-order valence-electron chi connectivity index (χ0n) is 10.7. The summed E-state index contributed by atoms with van der Waals surface area (Å²) in [5, 5.41) is 10.3. The van der Waals surface area contributed by atoms with Gasteiger partial charge in [-0.1, -0.05) is 37.8 Å². The molecule has 1 fully saturated rings. The highest BCUT2D eigenvalue weighted by atomic mass is 19.1. The second-order valence-corrected chi connectivity index (χ2v) is 5.35. The Balaban J connectivity index is 2.02. The van der Waals surface area contributed by atoms with Crippen molar-refractivity contribution in [1.82, 2.24) is 0 Å². The van der Waals surface area contributed by atoms with Crippen LogP contribution < -0.4 is 5.73 Å². The van der Waals surface area contributed by atoms with E-state index in [-0.39, 0.29) is 11.7 Å². The summed E-state index contributed by atoms with van der Waals surface area (Å²) in [6, 6.07) is 6.42. The molecular formula is C15H22FNO. The molecule has 100 valence electrons. The number of aliphatic hydroxyl groups is 1. The largest absolute Gasteiger partial charge is 0.392 e. The molecule has 2 nitrogen and oxygen atoms in total. The van der Waals surface area contributed by atoms with Crippen LogP contribution in [0.15, 0.2) is 24.3 Å². The smallest absolute Gasteiger partial charge is 0.123 e. The summed E-state index contributed by atoms with van der Waals surface area (Å²) in [5.41, 5.74) is 6.56. The zero-order valence-corrected chi connectivity index (χ0v) is 10.7. The van der Waals surface area contributed by atoms with Gasteiger partial charge in [-0.3, -0.25) is 0 Å². The van der Waals surface area contributed by atoms with Crippen molar-refractivity contribution in [1.29, 1.82) is 0 Å². The summed E-state index contributed by atoms with van der Waals surface area (Å²) in [6.45, 7) is 0.358. The van der Waals surface area contributed by atoms with E-state index in [1.54, 1.807) is 6.07 Å². The lowest BCUT2D eigenvalue weighted by Gasteiger charge is -2.24. The van der Waals surface area contributed by atoms with Crippen molar-refractivity contribution in [2.24, 2.45) is 11.7 Å². The van der Waals surface area contributed by atoms with Crippen molar-refractivity contribution in [2.75, 3.05) is 6.54 Å². The predicted octanol–water partition coefficient (Wildman–Crippen LogP) is 2.81. The molecule has 0 aliphatic heterocycles. The Morgan fingerprint density at radius 2 is 2.06 bits per heavy atom. The Kier molecular flexibility index (Phi) is 4.72. The molecule has 2 atom stereocenters. The van der Waals surface area contributed by atoms with Crippen molar-refractivity contribution >= 4 is 0 Å². The van der Waals surface area contributed by atoms with Gasteiger partial charge in [0.2, 0.25) is 0 Å². The molecule has 2 unspecified atom stereocenters. The summed E-state index contributed by atoms with van der Waals surface area (Å²) in [7, 11) is 0. The molecule has 0 aromatic heterocycles. The SMILES string of the molecule is NCC(c1cccc(F)c1)C(O)CC1CCCC1. The van der Waals surface area contributed by atoms with E-state index in [1.165, 1.54) is 37.8 Å². The van der Waals surface area contributed by atoms with Gasteiger partial charge in [-0.2, -0.15) is 0 Å². The molecule has 18 heavy (non-hydrogen) atoms. The molecule has 1 aliphatic carbocycles. The average Bonchev–Trinajstić information content (AvgIpc) is 2.83. The van der Waals surface area contributed by atoms with Gasteiger partial charge in [0.15, 0.2) is 0 Å². The molecule has 1 aliphatic rings. The van der Waals surface area contributed by atoms with E-state index < -0.39 is 6.10 Å². The first-order chi connectivity index (χ1) is 8.70. The first kappa shape index (κ1) is 13.5. The topological polar surface area (TPSA) is 46.2 Å². The first-order valence-electron chi connectivity index (χ1n) is 6.84. The van der Waals surface area contributed by atoms with E-state index in [9.17, 15) is 9.50 Å². The Morgan fingerprint density at radius 1 is 1.33 bits per heavy atom. The Labute approximate surface area is 108 Å². The highest BCUT2D eigenvalue weighted by molar-refractivity contribution is 5.22. The Morgan fingerprint density at radius 3 is 2.67 bits per heavy atom. The minimum absolute atomic E-state index is 0.152. The normalized spacial score (nSPS) is 19.9. The number of aliphatic hydroxyl groups excluding tert-OH is 1. The third kappa shape index (κ3) is 3.30. The highest BCUT2D eigenvalue weighted by Crippen LogP contribution is 2.32. The van der Waals surface area contributed by atoms with Crippen molar-refractivity contribution in [2.45, 2.75) is 44.1 Å². The van der Waals surface area contributed by atoms with Crippen LogP contribution in [0.3, 0.4) is 0 Å². The van der Waals surface area contributed by atoms with E-state index in [1.807, 2.05) is 6.07 Å². The molecule has 2 rings (SSSR count). The van der Waals surface area contributed by atoms with Gasteiger partial charge in [-0.05, 0) is 30.0 Å². The monoisotopic (exact) mass is 251 g/mol. The summed E-state index contributed by atoms with van der Waals surface area (Å²) in [5.74, 6) is 0.197. The number of benzene rings is 1. The molecule has 0 saturated heterocycles. The quantitative estimate of drug-likeness (QED) is 0.845. The van der Waals surface area contributed by atoms with Gasteiger partial charge in [0, 0.05) is 12.5 Å². The van der Waals surface area contributed by atoms with Gasteiger partial charge in [-0.25, -0.2) is 4.39 Å². The van der Waals surface area contributed by atoms with E-state index in [2.05, 4.69) is 0 Å². The van der Waals surface area contributed by atoms with Crippen molar-refractivity contribution in [3.05, 3.63) is 35.6 Å². The van der Waals surface area contributed by atoms with Crippen molar-refractivity contribution in [3.63, 3.8) is 0 Å². The molecule has 1 saturated carbocycles. The summed E-state index contributed by atoms with van der Waals surface area (Å²) in [6.07, 6.45) is 5.28. The van der Waals surface area contributed by atoms with Crippen LogP contribution in [0.2, 0.25) is 0 Å². The van der Waals surface area contributed by atoms with Gasteiger partial charge in [0.1, 0.15) is 5.82 Å². The molecule has 3 N–H and O–H groups in total. The molecule has 1 aromatic rings. The average molecular weight is 251 g/mol. The van der Waals surface area contributed by atoms with Crippen molar-refractivity contribution in [3.8, 4) is 0 Å². The fourth-order valence-corrected chi connectivity index (χ4v) is 3.00. The van der Waals surface area contributed by atoms with Gasteiger partial charge in [-0.15, -0.1) is 0 Å². The second-order valence-electron chi connectivity index (χ2n) is 5.35. The van der Waals surface area contributed by atoms with Crippen LogP contribution in [-0.2, 0) is 0 Å². The van der Waals surface area contributed by atoms with Crippen LogP contribution in [0, 0.1) is 11.7 Å². The third-order valence-corrected chi connectivity index (χ3v) is 4.04. The molecule has 0 heterocycles. The summed E-state index contributed by atoms with van der Waals surface area (Å²) < 4.78 is 13.2. The number of nitrogens with two attached hydrogens (primary N) is 1. The number of hydrogen-bond acceptors (Lipinski definition) is 2. The third-order valence-electron chi connectivity index (χ3n) is 4.04. The number of rotatable bonds is 5. The predicted molar refractivity (Wildman–Crippen MR) is 70.8 cm³/mol. The van der Waals surface area contributed by atoms with Gasteiger partial charge >= 0.3 is 0 Å². The lowest BCUT2D eigenvalue weighted by molar-refractivity contribution is 0.116. The summed E-state index contributed by atoms with van der Waals surface area (Å²) in [4.78, 5) is 0. The molecule has 0 radical (unpaired) electrons. The zero-order chi connectivity index (χ0) is 13.0. The standard InChI is InChI=1S/C15H22FNO/c16-13-7-3-6-12(9-13)14(10-17)15(18)8-11-4-1-2-5-11/h3,6-7,9,11,14-15,18H,1-2,4-5,8,10,17H2. The fraction of sp³-hybridized carbons (Fsp3) is 0.600. The number of halogens is 1. The lowest BCUT2D eigenvalue weighted by Crippen LogP contribution is -2.27. The maximum absolute atomic E-state index is 13.2. The van der Waals surface area contributed by atoms with Crippen LogP contribution in [0.5, 0.6) is 0 Å². The van der Waals surface area contributed by atoms with Gasteiger partial charge in [0.25, 0.3) is 0 Å². The van der Waals surface area contributed by atoms with Crippen molar-refractivity contribution < 1.29 is 9.50 Å².